The first-order valence-electron chi connectivity index (χ1n) is 6.31. The molecular weight excluding hydrogens is 248 g/mol. The predicted molar refractivity (Wildman–Crippen MR) is 81.7 cm³/mol. The Morgan fingerprint density at radius 1 is 1.05 bits per heavy atom. The molecule has 0 saturated heterocycles. The first-order chi connectivity index (χ1) is 9.90. The zero-order chi connectivity index (χ0) is 14.0. The van der Waals surface area contributed by atoms with Gasteiger partial charge in [0.25, 0.3) is 0 Å². The molecule has 0 saturated carbocycles. The van der Waals surface area contributed by atoms with Gasteiger partial charge in [-0.25, -0.2) is 0 Å². The summed E-state index contributed by atoms with van der Waals surface area (Å²) in [4.78, 5) is 2.70. The quantitative estimate of drug-likeness (QED) is 0.285. The molecule has 2 aromatic carbocycles. The molecule has 20 heavy (non-hydrogen) atoms. The van der Waals surface area contributed by atoms with Crippen LogP contribution in [0.15, 0.2) is 59.7 Å². The van der Waals surface area contributed by atoms with Gasteiger partial charge in [-0.15, -0.1) is 0 Å². The lowest BCUT2D eigenvalue weighted by molar-refractivity contribution is 1.01. The summed E-state index contributed by atoms with van der Waals surface area (Å²) in [6.07, 6.45) is 0.559. The summed E-state index contributed by atoms with van der Waals surface area (Å²) in [5.41, 5.74) is 11.1. The summed E-state index contributed by atoms with van der Waals surface area (Å²) in [6, 6.07) is 17.8. The van der Waals surface area contributed by atoms with Crippen molar-refractivity contribution >= 4 is 11.4 Å². The Hall–Kier alpha value is -2.89. The number of hydrogen-bond donors (Lipinski definition) is 1. The number of rotatable bonds is 4. The standard InChI is InChI=1S/C16H14N4/c17-20-18-13-7-6-9-14-8-4-5-12-16(14)19-15-10-2-1-3-11-15/h1-5,8,10-12,19H,7,13H2. The number of nitrogens with zero attached hydrogens (tertiary/aromatic N) is 3. The molecule has 0 fully saturated rings. The number of nitrogens with one attached hydrogen (secondary N) is 1. The SMILES string of the molecule is [N-]=[N+]=NCCC#Cc1ccccc1Nc1ccccc1. The molecule has 2 rings (SSSR count). The van der Waals surface area contributed by atoms with Gasteiger partial charge < -0.3 is 5.32 Å². The molecule has 0 aliphatic heterocycles. The van der Waals surface area contributed by atoms with Crippen LogP contribution in [0, 0.1) is 11.8 Å². The van der Waals surface area contributed by atoms with E-state index in [0.29, 0.717) is 13.0 Å². The molecule has 4 nitrogen and oxygen atoms in total. The molecule has 0 amide bonds. The zero-order valence-corrected chi connectivity index (χ0v) is 11.0. The molecule has 0 aliphatic carbocycles. The Balaban J connectivity index is 2.12. The highest BCUT2D eigenvalue weighted by atomic mass is 15.1. The maximum atomic E-state index is 8.19. The lowest BCUT2D eigenvalue weighted by Gasteiger charge is -2.08. The number of para-hydroxylation sites is 2. The van der Waals surface area contributed by atoms with Crippen molar-refractivity contribution in [3.05, 3.63) is 70.6 Å². The second kappa shape index (κ2) is 7.52. The lowest BCUT2D eigenvalue weighted by atomic mass is 10.1. The fraction of sp³-hybridized carbons (Fsp3) is 0.125. The van der Waals surface area contributed by atoms with E-state index in [0.717, 1.165) is 16.9 Å². The van der Waals surface area contributed by atoms with Gasteiger partial charge in [-0.1, -0.05) is 47.3 Å². The normalized spacial score (nSPS) is 9.00. The van der Waals surface area contributed by atoms with Gasteiger partial charge in [-0.05, 0) is 29.8 Å². The van der Waals surface area contributed by atoms with Crippen LogP contribution in [0.5, 0.6) is 0 Å². The third-order valence-corrected chi connectivity index (χ3v) is 2.60. The van der Waals surface area contributed by atoms with Crippen LogP contribution in [0.2, 0.25) is 0 Å². The zero-order valence-electron chi connectivity index (χ0n) is 11.0. The van der Waals surface area contributed by atoms with Gasteiger partial charge in [0.15, 0.2) is 0 Å². The van der Waals surface area contributed by atoms with E-state index in [1.165, 1.54) is 0 Å². The summed E-state index contributed by atoms with van der Waals surface area (Å²) in [5.74, 6) is 6.10. The first kappa shape index (κ1) is 13.5. The molecule has 0 aromatic heterocycles. The summed E-state index contributed by atoms with van der Waals surface area (Å²) < 4.78 is 0. The smallest absolute Gasteiger partial charge is 0.0543 e. The van der Waals surface area contributed by atoms with Gasteiger partial charge in [0.2, 0.25) is 0 Å². The second-order valence-electron chi connectivity index (χ2n) is 4.04. The fourth-order valence-electron chi connectivity index (χ4n) is 1.69. The summed E-state index contributed by atoms with van der Waals surface area (Å²) in [6.45, 7) is 0.401. The van der Waals surface area contributed by atoms with Gasteiger partial charge in [0, 0.05) is 29.1 Å². The molecule has 0 spiro atoms. The van der Waals surface area contributed by atoms with Crippen molar-refractivity contribution in [3.8, 4) is 11.8 Å². The van der Waals surface area contributed by atoms with E-state index in [2.05, 4.69) is 27.2 Å². The highest BCUT2D eigenvalue weighted by Crippen LogP contribution is 2.19. The van der Waals surface area contributed by atoms with Crippen molar-refractivity contribution in [2.24, 2.45) is 5.11 Å². The molecule has 0 unspecified atom stereocenters. The molecule has 0 atom stereocenters. The molecule has 0 heterocycles. The molecular formula is C16H14N4. The number of azide groups is 1. The molecule has 0 aliphatic rings. The molecule has 4 heteroatoms. The molecule has 98 valence electrons. The van der Waals surface area contributed by atoms with Crippen molar-refractivity contribution in [1.29, 1.82) is 0 Å². The lowest BCUT2D eigenvalue weighted by Crippen LogP contribution is -1.92. The van der Waals surface area contributed by atoms with E-state index in [4.69, 9.17) is 5.53 Å². The van der Waals surface area contributed by atoms with E-state index in [-0.39, 0.29) is 0 Å². The minimum Gasteiger partial charge on any atom is -0.355 e. The van der Waals surface area contributed by atoms with Crippen LogP contribution in [0.25, 0.3) is 10.4 Å². The van der Waals surface area contributed by atoms with E-state index in [9.17, 15) is 0 Å². The summed E-state index contributed by atoms with van der Waals surface area (Å²) in [5, 5.41) is 6.80. The Bertz CT molecular complexity index is 662. The van der Waals surface area contributed by atoms with E-state index >= 15 is 0 Å². The predicted octanol–water partition coefficient (Wildman–Crippen LogP) is 4.48. The van der Waals surface area contributed by atoms with Crippen LogP contribution in [-0.2, 0) is 0 Å². The Morgan fingerprint density at radius 3 is 2.60 bits per heavy atom. The average molecular weight is 262 g/mol. The Kier molecular flexibility index (Phi) is 5.09. The van der Waals surface area contributed by atoms with Gasteiger partial charge in [-0.3, -0.25) is 0 Å². The highest BCUT2D eigenvalue weighted by Gasteiger charge is 1.98. The van der Waals surface area contributed by atoms with E-state index in [1.54, 1.807) is 0 Å². The van der Waals surface area contributed by atoms with Crippen molar-refractivity contribution in [1.82, 2.24) is 0 Å². The number of benzene rings is 2. The minimum atomic E-state index is 0.401. The van der Waals surface area contributed by atoms with Crippen molar-refractivity contribution in [2.45, 2.75) is 6.42 Å². The Morgan fingerprint density at radius 2 is 1.80 bits per heavy atom. The van der Waals surface area contributed by atoms with Gasteiger partial charge >= 0.3 is 0 Å². The number of hydrogen-bond acceptors (Lipinski definition) is 2. The van der Waals surface area contributed by atoms with Crippen LogP contribution in [0.4, 0.5) is 11.4 Å². The van der Waals surface area contributed by atoms with Gasteiger partial charge in [0.1, 0.15) is 0 Å². The van der Waals surface area contributed by atoms with Crippen LogP contribution < -0.4 is 5.32 Å². The largest absolute Gasteiger partial charge is 0.355 e. The van der Waals surface area contributed by atoms with E-state index in [1.807, 2.05) is 54.6 Å². The molecule has 1 N–H and O–H groups in total. The Labute approximate surface area is 118 Å². The van der Waals surface area contributed by atoms with E-state index < -0.39 is 0 Å². The monoisotopic (exact) mass is 262 g/mol. The van der Waals surface area contributed by atoms with Gasteiger partial charge in [0.05, 0.1) is 5.69 Å². The first-order valence-corrected chi connectivity index (χ1v) is 6.31. The topological polar surface area (TPSA) is 60.8 Å². The third-order valence-electron chi connectivity index (χ3n) is 2.60. The second-order valence-corrected chi connectivity index (χ2v) is 4.04. The molecule has 2 aromatic rings. The number of anilines is 2. The maximum Gasteiger partial charge on any atom is 0.0543 e. The van der Waals surface area contributed by atoms with Gasteiger partial charge in [-0.2, -0.15) is 0 Å². The molecule has 0 radical (unpaired) electrons. The van der Waals surface area contributed by atoms with Crippen LogP contribution in [0.1, 0.15) is 12.0 Å². The highest BCUT2D eigenvalue weighted by molar-refractivity contribution is 5.67. The van der Waals surface area contributed by atoms with Crippen molar-refractivity contribution < 1.29 is 0 Å². The van der Waals surface area contributed by atoms with Crippen LogP contribution in [-0.4, -0.2) is 6.54 Å². The fourth-order valence-corrected chi connectivity index (χ4v) is 1.69. The average Bonchev–Trinajstić information content (AvgIpc) is 2.50. The third kappa shape index (κ3) is 4.09. The summed E-state index contributed by atoms with van der Waals surface area (Å²) >= 11 is 0. The molecule has 0 bridgehead atoms. The minimum absolute atomic E-state index is 0.401. The van der Waals surface area contributed by atoms with Crippen molar-refractivity contribution in [2.75, 3.05) is 11.9 Å². The van der Waals surface area contributed by atoms with Crippen LogP contribution in [0.3, 0.4) is 0 Å². The van der Waals surface area contributed by atoms with Crippen LogP contribution >= 0.6 is 0 Å². The van der Waals surface area contributed by atoms with Crippen molar-refractivity contribution in [3.63, 3.8) is 0 Å². The summed E-state index contributed by atoms with van der Waals surface area (Å²) in [7, 11) is 0. The maximum absolute atomic E-state index is 8.19.